The molecule has 0 unspecified atom stereocenters. The fourth-order valence-electron chi connectivity index (χ4n) is 3.87. The lowest BCUT2D eigenvalue weighted by Gasteiger charge is -2.28. The van der Waals surface area contributed by atoms with Gasteiger partial charge in [0.05, 0.1) is 17.8 Å². The molecule has 4 N–H and O–H groups in total. The Morgan fingerprint density at radius 1 is 0.976 bits per heavy atom. The average molecular weight is 609 g/mol. The number of pyridine rings is 1. The molecule has 1 saturated heterocycles. The van der Waals surface area contributed by atoms with Gasteiger partial charge in [0.1, 0.15) is 4.91 Å². The van der Waals surface area contributed by atoms with Gasteiger partial charge in [-0.15, -0.1) is 0 Å². The second-order valence-electron chi connectivity index (χ2n) is 8.94. The fourth-order valence-corrected chi connectivity index (χ4v) is 4.31. The molecule has 2 amide bonds. The summed E-state index contributed by atoms with van der Waals surface area (Å²) in [6.45, 7) is 17.6. The first-order chi connectivity index (χ1) is 20.3. The first-order valence-electron chi connectivity index (χ1n) is 15.3. The van der Waals surface area contributed by atoms with Crippen LogP contribution in [0.4, 0.5) is 4.39 Å². The van der Waals surface area contributed by atoms with Gasteiger partial charge < -0.3 is 20.4 Å². The van der Waals surface area contributed by atoms with Crippen LogP contribution in [0.15, 0.2) is 47.1 Å². The van der Waals surface area contributed by atoms with Crippen LogP contribution in [0.2, 0.25) is 0 Å². The van der Waals surface area contributed by atoms with Crippen molar-refractivity contribution in [2.45, 2.75) is 74.1 Å². The Morgan fingerprint density at radius 3 is 2.12 bits per heavy atom. The van der Waals surface area contributed by atoms with E-state index in [2.05, 4.69) is 9.88 Å². The van der Waals surface area contributed by atoms with Gasteiger partial charge in [-0.25, -0.2) is 0 Å². The molecule has 1 fully saturated rings. The fraction of sp³-hybridized carbons (Fsp3) is 0.594. The van der Waals surface area contributed by atoms with E-state index < -0.39 is 6.67 Å². The number of likely N-dealkylation sites (tertiary alicyclic amines) is 1. The van der Waals surface area contributed by atoms with Gasteiger partial charge >= 0.3 is 0 Å². The molecular formula is C32H57FN6O2S. The molecule has 2 heterocycles. The maximum Gasteiger partial charge on any atom is 0.263 e. The number of nitrogens with two attached hydrogens (primary N) is 2. The third-order valence-corrected chi connectivity index (χ3v) is 6.76. The van der Waals surface area contributed by atoms with E-state index in [0.29, 0.717) is 29.1 Å². The van der Waals surface area contributed by atoms with Crippen LogP contribution < -0.4 is 10.9 Å². The lowest BCUT2D eigenvalue weighted by Crippen LogP contribution is -2.39. The average Bonchev–Trinajstić information content (AvgIpc) is 3.05. The summed E-state index contributed by atoms with van der Waals surface area (Å²) in [4.78, 5) is 34.4. The van der Waals surface area contributed by atoms with Crippen molar-refractivity contribution >= 4 is 34.7 Å². The number of fused-ring (bicyclic) bond motifs is 1. The molecule has 1 aliphatic heterocycles. The number of alkyl halides is 1. The van der Waals surface area contributed by atoms with Crippen molar-refractivity contribution in [2.24, 2.45) is 10.9 Å². The molecule has 2 aromatic rings. The highest BCUT2D eigenvalue weighted by Crippen LogP contribution is 2.15. The zero-order valence-electron chi connectivity index (χ0n) is 27.6. The Kier molecular flexibility index (Phi) is 25.6. The van der Waals surface area contributed by atoms with Crippen LogP contribution in [0.1, 0.15) is 84.5 Å². The maximum absolute atomic E-state index is 12.1. The summed E-state index contributed by atoms with van der Waals surface area (Å²) in [5, 5.41) is 6.40. The summed E-state index contributed by atoms with van der Waals surface area (Å²) in [6, 6.07) is 9.45. The Hall–Kier alpha value is -2.69. The van der Waals surface area contributed by atoms with Crippen LogP contribution in [0.25, 0.3) is 10.9 Å². The van der Waals surface area contributed by atoms with Crippen LogP contribution in [0.3, 0.4) is 0 Å². The van der Waals surface area contributed by atoms with Gasteiger partial charge in [0.25, 0.3) is 11.8 Å². The number of likely N-dealkylation sites (N-methyl/N-ethyl adjacent to an activating group) is 1. The van der Waals surface area contributed by atoms with Gasteiger partial charge in [-0.05, 0) is 63.4 Å². The molecule has 1 aromatic carbocycles. The number of carbonyl (C=O) groups is 2. The van der Waals surface area contributed by atoms with Gasteiger partial charge in [-0.3, -0.25) is 24.1 Å². The largest absolute Gasteiger partial charge is 0.401 e. The molecule has 0 radical (unpaired) electrons. The van der Waals surface area contributed by atoms with Crippen molar-refractivity contribution in [3.63, 3.8) is 0 Å². The van der Waals surface area contributed by atoms with Gasteiger partial charge in [-0.2, -0.15) is 0 Å². The quantitative estimate of drug-likeness (QED) is 0.248. The number of amides is 2. The van der Waals surface area contributed by atoms with Crippen LogP contribution in [0, 0.1) is 0 Å². The monoisotopic (exact) mass is 608 g/mol. The molecule has 0 spiro atoms. The van der Waals surface area contributed by atoms with Crippen molar-refractivity contribution < 1.29 is 14.0 Å². The Morgan fingerprint density at radius 2 is 1.57 bits per heavy atom. The number of rotatable bonds is 9. The third-order valence-electron chi connectivity index (χ3n) is 6.03. The molecular weight excluding hydrogens is 551 g/mol. The van der Waals surface area contributed by atoms with Crippen molar-refractivity contribution in [3.05, 3.63) is 52.7 Å². The van der Waals surface area contributed by atoms with Crippen LogP contribution in [-0.2, 0) is 4.79 Å². The van der Waals surface area contributed by atoms with E-state index in [-0.39, 0.29) is 11.8 Å². The number of piperidine rings is 1. The second-order valence-corrected chi connectivity index (χ2v) is 9.59. The van der Waals surface area contributed by atoms with Gasteiger partial charge in [0.15, 0.2) is 0 Å². The highest BCUT2D eigenvalue weighted by atomic mass is 32.2. The summed E-state index contributed by atoms with van der Waals surface area (Å²) in [7, 11) is 3.47. The maximum atomic E-state index is 12.1. The zero-order chi connectivity index (χ0) is 32.5. The van der Waals surface area contributed by atoms with Gasteiger partial charge in [0, 0.05) is 51.0 Å². The van der Waals surface area contributed by atoms with Crippen molar-refractivity contribution in [3.8, 4) is 0 Å². The van der Waals surface area contributed by atoms with Gasteiger partial charge in [0.2, 0.25) is 0 Å². The van der Waals surface area contributed by atoms with Crippen molar-refractivity contribution in [1.82, 2.24) is 19.7 Å². The first-order valence-corrected chi connectivity index (χ1v) is 16.1. The number of allylic oxidation sites excluding steroid dienone is 1. The minimum Gasteiger partial charge on any atom is -0.401 e. The number of carbonyl (C=O) groups excluding carboxylic acids is 2. The van der Waals surface area contributed by atoms with E-state index in [1.165, 1.54) is 24.2 Å². The number of hydrogen-bond acceptors (Lipinski definition) is 7. The molecule has 0 saturated carbocycles. The van der Waals surface area contributed by atoms with E-state index in [9.17, 15) is 14.0 Å². The minimum absolute atomic E-state index is 0.0838. The predicted molar refractivity (Wildman–Crippen MR) is 180 cm³/mol. The predicted octanol–water partition coefficient (Wildman–Crippen LogP) is 6.47. The lowest BCUT2D eigenvalue weighted by atomic mass is 10.1. The Bertz CT molecular complexity index is 1030. The molecule has 3 rings (SSSR count). The summed E-state index contributed by atoms with van der Waals surface area (Å²) < 4.78 is 12.1. The topological polar surface area (TPSA) is 109 Å². The summed E-state index contributed by atoms with van der Waals surface area (Å²) in [5.41, 5.74) is 7.53. The number of halogens is 1. The number of para-hydroxylation sites is 1. The number of benzene rings is 1. The number of nitrogens with zero attached hydrogens (tertiary/aromatic N) is 4. The van der Waals surface area contributed by atoms with Crippen molar-refractivity contribution in [1.29, 1.82) is 0 Å². The van der Waals surface area contributed by atoms with Crippen molar-refractivity contribution in [2.75, 3.05) is 53.5 Å². The Labute approximate surface area is 259 Å². The second kappa shape index (κ2) is 26.0. The van der Waals surface area contributed by atoms with E-state index in [4.69, 9.17) is 10.9 Å². The molecule has 0 bridgehead atoms. The van der Waals surface area contributed by atoms with Crippen LogP contribution >= 0.6 is 11.9 Å². The minimum atomic E-state index is -0.409. The smallest absolute Gasteiger partial charge is 0.263 e. The standard InChI is InChI=1S/C14H15FN2O.C12H24N4OS.3C2H6/c1-17(8-4-7-15)14(18)12-9-11-5-2-3-6-13(11)16-10-12;1-10(13)11(18-14)12(17)15(2)8-9-16-6-4-3-5-7-16;3*1-2/h2-3,5-6,9-10H,4,7-8H2,1H3;3-9,13-14H2,1-2H3;3*1-2H3/b;11-10-;;;. The number of aromatic nitrogens is 1. The summed E-state index contributed by atoms with van der Waals surface area (Å²) in [5.74, 6) is -0.207. The molecule has 1 aliphatic rings. The molecule has 0 aliphatic carbocycles. The molecule has 240 valence electrons. The lowest BCUT2D eigenvalue weighted by molar-refractivity contribution is -0.125. The highest BCUT2D eigenvalue weighted by Gasteiger charge is 2.18. The normalized spacial score (nSPS) is 12.8. The summed E-state index contributed by atoms with van der Waals surface area (Å²) in [6.07, 6.45) is 5.79. The van der Waals surface area contributed by atoms with E-state index in [1.54, 1.807) is 32.1 Å². The van der Waals surface area contributed by atoms with E-state index in [0.717, 1.165) is 49.0 Å². The van der Waals surface area contributed by atoms with E-state index >= 15 is 0 Å². The molecule has 8 nitrogen and oxygen atoms in total. The summed E-state index contributed by atoms with van der Waals surface area (Å²) >= 11 is 0.926. The molecule has 10 heteroatoms. The first kappa shape index (κ1) is 41.4. The SMILES string of the molecule is C/C(N)=C(/SN)C(=O)N(C)CCN1CCCCC1.CC.CC.CC.CN(CCCF)C(=O)c1cnc2ccccc2c1. The van der Waals surface area contributed by atoms with E-state index in [1.807, 2.05) is 71.9 Å². The highest BCUT2D eigenvalue weighted by molar-refractivity contribution is 8.01. The zero-order valence-corrected chi connectivity index (χ0v) is 28.4. The Balaban J connectivity index is 0. The molecule has 0 atom stereocenters. The van der Waals surface area contributed by atoms with Crippen LogP contribution in [0.5, 0.6) is 0 Å². The number of hydrogen-bond donors (Lipinski definition) is 2. The molecule has 42 heavy (non-hydrogen) atoms. The third kappa shape index (κ3) is 15.5. The van der Waals surface area contributed by atoms with Gasteiger partial charge in [-0.1, -0.05) is 66.2 Å². The van der Waals surface area contributed by atoms with Crippen LogP contribution in [-0.4, -0.2) is 85.0 Å². The molecule has 1 aromatic heterocycles.